The van der Waals surface area contributed by atoms with E-state index in [9.17, 15) is 19.2 Å². The molecule has 0 fully saturated rings. The van der Waals surface area contributed by atoms with Crippen LogP contribution in [0.1, 0.15) is 20.7 Å². The summed E-state index contributed by atoms with van der Waals surface area (Å²) in [6, 6.07) is 0.896. The van der Waals surface area contributed by atoms with E-state index in [1.54, 1.807) is 0 Å². The lowest BCUT2D eigenvalue weighted by Crippen LogP contribution is -2.29. The first-order chi connectivity index (χ1) is 8.91. The number of imide groups is 1. The minimum atomic E-state index is -1.48. The zero-order chi connectivity index (χ0) is 14.2. The molecule has 9 heteroatoms. The molecule has 1 aliphatic heterocycles. The van der Waals surface area contributed by atoms with Gasteiger partial charge in [-0.15, -0.1) is 0 Å². The van der Waals surface area contributed by atoms with Crippen LogP contribution in [0.3, 0.4) is 0 Å². The molecule has 0 saturated carbocycles. The molecule has 0 atom stereocenters. The van der Waals surface area contributed by atoms with Gasteiger partial charge in [0.05, 0.1) is 16.8 Å². The van der Waals surface area contributed by atoms with Crippen LogP contribution in [0.2, 0.25) is 0 Å². The molecular weight excluding hydrogens is 258 g/mol. The Bertz CT molecular complexity index is 633. The number of amides is 4. The Morgan fingerprint density at radius 1 is 1.00 bits per heavy atom. The molecule has 19 heavy (non-hydrogen) atoms. The predicted molar refractivity (Wildman–Crippen MR) is 58.5 cm³/mol. The quantitative estimate of drug-likeness (QED) is 0.849. The van der Waals surface area contributed by atoms with Gasteiger partial charge in [-0.1, -0.05) is 10.2 Å². The van der Waals surface area contributed by atoms with E-state index in [1.807, 2.05) is 0 Å². The van der Waals surface area contributed by atoms with E-state index in [4.69, 9.17) is 10.2 Å². The van der Waals surface area contributed by atoms with Gasteiger partial charge in [0.1, 0.15) is 0 Å². The van der Waals surface area contributed by atoms with Gasteiger partial charge in [-0.25, -0.2) is 24.1 Å². The van der Waals surface area contributed by atoms with E-state index < -0.39 is 29.6 Å². The van der Waals surface area contributed by atoms with Gasteiger partial charge in [0.25, 0.3) is 0 Å². The number of hydrogen-bond donors (Lipinski definition) is 2. The first kappa shape index (κ1) is 12.4. The molecule has 0 bridgehead atoms. The number of anilines is 1. The predicted octanol–water partition coefficient (Wildman–Crippen LogP) is 1.60. The van der Waals surface area contributed by atoms with Gasteiger partial charge in [-0.2, -0.15) is 0 Å². The summed E-state index contributed by atoms with van der Waals surface area (Å²) < 4.78 is 0. The van der Waals surface area contributed by atoms with Crippen molar-refractivity contribution in [1.29, 1.82) is 0 Å². The fourth-order valence-corrected chi connectivity index (χ4v) is 1.50. The van der Waals surface area contributed by atoms with Crippen LogP contribution in [0, 0.1) is 0 Å². The van der Waals surface area contributed by atoms with Crippen molar-refractivity contribution in [2.24, 2.45) is 10.2 Å². The summed E-state index contributed by atoms with van der Waals surface area (Å²) in [6.45, 7) is 0. The van der Waals surface area contributed by atoms with Gasteiger partial charge >= 0.3 is 24.0 Å². The largest absolute Gasteiger partial charge is 0.478 e. The molecule has 1 heterocycles. The van der Waals surface area contributed by atoms with Crippen molar-refractivity contribution in [3.8, 4) is 0 Å². The maximum absolute atomic E-state index is 11.3. The number of aromatic carboxylic acids is 2. The lowest BCUT2D eigenvalue weighted by Gasteiger charge is -2.13. The van der Waals surface area contributed by atoms with E-state index in [1.165, 1.54) is 0 Å². The Kier molecular flexibility index (Phi) is 2.79. The van der Waals surface area contributed by atoms with Crippen LogP contribution in [0.5, 0.6) is 0 Å². The minimum Gasteiger partial charge on any atom is -0.478 e. The highest BCUT2D eigenvalue weighted by atomic mass is 16.4. The first-order valence-corrected chi connectivity index (χ1v) is 4.82. The number of azo groups is 1. The van der Waals surface area contributed by atoms with Crippen molar-refractivity contribution >= 4 is 29.7 Å². The zero-order valence-corrected chi connectivity index (χ0v) is 9.10. The van der Waals surface area contributed by atoms with E-state index in [0.717, 1.165) is 18.2 Å². The van der Waals surface area contributed by atoms with Crippen LogP contribution in [0.25, 0.3) is 0 Å². The van der Waals surface area contributed by atoms with Crippen molar-refractivity contribution < 1.29 is 29.4 Å². The second-order valence-corrected chi connectivity index (χ2v) is 3.44. The molecule has 2 rings (SSSR count). The molecule has 1 aromatic carbocycles. The van der Waals surface area contributed by atoms with Crippen molar-refractivity contribution in [1.82, 2.24) is 0 Å². The molecular formula is C10H5N3O6. The standard InChI is InChI=1S/C10H5N3O6/c14-7(15)4-1-2-6(5(3-4)8(16)17)13-9(18)11-12-10(13)19/h1-3H,(H,14,15)(H,16,17). The van der Waals surface area contributed by atoms with E-state index in [-0.39, 0.29) is 11.3 Å². The maximum atomic E-state index is 11.3. The van der Waals surface area contributed by atoms with Gasteiger partial charge in [0.2, 0.25) is 0 Å². The molecule has 0 aromatic heterocycles. The Hall–Kier alpha value is -3.10. The Morgan fingerprint density at radius 3 is 2.05 bits per heavy atom. The zero-order valence-electron chi connectivity index (χ0n) is 9.10. The van der Waals surface area contributed by atoms with E-state index >= 15 is 0 Å². The van der Waals surface area contributed by atoms with Gasteiger partial charge < -0.3 is 10.2 Å². The normalized spacial score (nSPS) is 14.0. The highest BCUT2D eigenvalue weighted by Gasteiger charge is 2.32. The fraction of sp³-hybridized carbons (Fsp3) is 0. The number of benzene rings is 1. The van der Waals surface area contributed by atoms with Crippen LogP contribution < -0.4 is 4.90 Å². The topological polar surface area (TPSA) is 137 Å². The average molecular weight is 263 g/mol. The summed E-state index contributed by atoms with van der Waals surface area (Å²) in [4.78, 5) is 44.9. The van der Waals surface area contributed by atoms with E-state index in [0.29, 0.717) is 4.90 Å². The van der Waals surface area contributed by atoms with Gasteiger partial charge in [0, 0.05) is 0 Å². The third-order valence-corrected chi connectivity index (χ3v) is 2.32. The highest BCUT2D eigenvalue weighted by Crippen LogP contribution is 2.26. The molecule has 96 valence electrons. The molecule has 0 aliphatic carbocycles. The van der Waals surface area contributed by atoms with Crippen molar-refractivity contribution in [2.75, 3.05) is 4.90 Å². The van der Waals surface area contributed by atoms with Crippen molar-refractivity contribution in [3.05, 3.63) is 29.3 Å². The molecule has 2 N–H and O–H groups in total. The number of carboxylic acids is 2. The second kappa shape index (κ2) is 4.29. The van der Waals surface area contributed by atoms with Crippen molar-refractivity contribution in [3.63, 3.8) is 0 Å². The third kappa shape index (κ3) is 2.04. The third-order valence-electron chi connectivity index (χ3n) is 2.32. The number of carbonyl (C=O) groups excluding carboxylic acids is 2. The van der Waals surface area contributed by atoms with Crippen molar-refractivity contribution in [2.45, 2.75) is 0 Å². The summed E-state index contributed by atoms with van der Waals surface area (Å²) in [7, 11) is 0. The summed E-state index contributed by atoms with van der Waals surface area (Å²) in [5.41, 5.74) is -1.07. The summed E-state index contributed by atoms with van der Waals surface area (Å²) in [6.07, 6.45) is 0. The smallest absolute Gasteiger partial charge is 0.375 e. The van der Waals surface area contributed by atoms with Crippen LogP contribution in [0.15, 0.2) is 28.4 Å². The maximum Gasteiger partial charge on any atom is 0.375 e. The molecule has 0 spiro atoms. The molecule has 0 unspecified atom stereocenters. The molecule has 0 radical (unpaired) electrons. The minimum absolute atomic E-state index is 0.280. The summed E-state index contributed by atoms with van der Waals surface area (Å²) in [5, 5.41) is 23.7. The van der Waals surface area contributed by atoms with Gasteiger partial charge in [0.15, 0.2) is 0 Å². The average Bonchev–Trinajstić information content (AvgIpc) is 2.68. The Balaban J connectivity index is 2.58. The lowest BCUT2D eigenvalue weighted by molar-refractivity contribution is 0.0696. The molecule has 0 saturated heterocycles. The second-order valence-electron chi connectivity index (χ2n) is 3.44. The fourth-order valence-electron chi connectivity index (χ4n) is 1.50. The lowest BCUT2D eigenvalue weighted by atomic mass is 10.1. The van der Waals surface area contributed by atoms with Gasteiger partial charge in [-0.05, 0) is 18.2 Å². The van der Waals surface area contributed by atoms with Crippen LogP contribution in [0.4, 0.5) is 15.3 Å². The number of urea groups is 2. The van der Waals surface area contributed by atoms with Crippen LogP contribution >= 0.6 is 0 Å². The summed E-state index contributed by atoms with van der Waals surface area (Å²) >= 11 is 0. The van der Waals surface area contributed by atoms with Gasteiger partial charge in [-0.3, -0.25) is 0 Å². The Labute approximate surface area is 104 Å². The van der Waals surface area contributed by atoms with Crippen LogP contribution in [-0.4, -0.2) is 34.2 Å². The first-order valence-electron chi connectivity index (χ1n) is 4.82. The highest BCUT2D eigenvalue weighted by molar-refractivity contribution is 6.19. The monoisotopic (exact) mass is 263 g/mol. The Morgan fingerprint density at radius 2 is 1.58 bits per heavy atom. The molecule has 4 amide bonds. The number of hydrogen-bond acceptors (Lipinski definition) is 4. The molecule has 9 nitrogen and oxygen atoms in total. The number of carboxylic acid groups (broad SMARTS) is 2. The SMILES string of the molecule is O=C(O)c1ccc(N2C(=O)N=NC2=O)c(C(=O)O)c1. The van der Waals surface area contributed by atoms with E-state index in [2.05, 4.69) is 10.2 Å². The van der Waals surface area contributed by atoms with Crippen LogP contribution in [-0.2, 0) is 0 Å². The number of carbonyl (C=O) groups is 4. The number of nitrogens with zero attached hydrogens (tertiary/aromatic N) is 3. The molecule has 1 aliphatic rings. The molecule has 1 aromatic rings. The number of rotatable bonds is 3. The summed E-state index contributed by atoms with van der Waals surface area (Å²) in [5.74, 6) is -2.81.